The molecule has 3 fully saturated rings. The van der Waals surface area contributed by atoms with E-state index in [1.807, 2.05) is 18.2 Å². The van der Waals surface area contributed by atoms with Crippen molar-refractivity contribution in [2.24, 2.45) is 17.3 Å². The predicted molar refractivity (Wildman–Crippen MR) is 103 cm³/mol. The Kier molecular flexibility index (Phi) is 5.22. The standard InChI is InChI=1S/C22H30N2O3/c25-19(14-24-13-18-11-6-12-22(18,15-24)21(26)27)23-20(17-9-4-5-10-17)16-7-2-1-3-8-16/h1-3,7-8,17-18,20H,4-6,9-15H2,(H,23,25)(H,26,27)/t18-,20?,22+/m0/s1. The number of carbonyl (C=O) groups excluding carboxylic acids is 1. The van der Waals surface area contributed by atoms with Gasteiger partial charge in [-0.2, -0.15) is 0 Å². The van der Waals surface area contributed by atoms with Crippen LogP contribution in [0.3, 0.4) is 0 Å². The monoisotopic (exact) mass is 370 g/mol. The Morgan fingerprint density at radius 3 is 2.56 bits per heavy atom. The van der Waals surface area contributed by atoms with Crippen molar-refractivity contribution in [3.8, 4) is 0 Å². The first-order chi connectivity index (χ1) is 13.1. The Morgan fingerprint density at radius 1 is 1.15 bits per heavy atom. The molecular formula is C22H30N2O3. The van der Waals surface area contributed by atoms with E-state index >= 15 is 0 Å². The van der Waals surface area contributed by atoms with Crippen molar-refractivity contribution < 1.29 is 14.7 Å². The molecule has 4 rings (SSSR count). The summed E-state index contributed by atoms with van der Waals surface area (Å²) >= 11 is 0. The molecule has 5 nitrogen and oxygen atoms in total. The van der Waals surface area contributed by atoms with Crippen molar-refractivity contribution in [3.63, 3.8) is 0 Å². The second-order valence-corrected chi connectivity index (χ2v) is 8.72. The summed E-state index contributed by atoms with van der Waals surface area (Å²) in [6, 6.07) is 10.3. The molecule has 1 aromatic carbocycles. The molecule has 2 N–H and O–H groups in total. The first-order valence-corrected chi connectivity index (χ1v) is 10.4. The van der Waals surface area contributed by atoms with Crippen molar-refractivity contribution in [1.29, 1.82) is 0 Å². The van der Waals surface area contributed by atoms with Crippen LogP contribution in [0.15, 0.2) is 30.3 Å². The highest BCUT2D eigenvalue weighted by Crippen LogP contribution is 2.48. The average Bonchev–Trinajstić information content (AvgIpc) is 3.36. The number of likely N-dealkylation sites (tertiary alicyclic amines) is 1. The zero-order valence-electron chi connectivity index (χ0n) is 15.9. The van der Waals surface area contributed by atoms with Crippen molar-refractivity contribution in [2.45, 2.75) is 51.0 Å². The maximum atomic E-state index is 12.8. The van der Waals surface area contributed by atoms with E-state index in [4.69, 9.17) is 0 Å². The summed E-state index contributed by atoms with van der Waals surface area (Å²) in [5.74, 6) is 0.0412. The first-order valence-electron chi connectivity index (χ1n) is 10.4. The molecule has 1 aliphatic heterocycles. The van der Waals surface area contributed by atoms with Gasteiger partial charge in [-0.25, -0.2) is 0 Å². The van der Waals surface area contributed by atoms with Gasteiger partial charge in [0.15, 0.2) is 0 Å². The minimum Gasteiger partial charge on any atom is -0.481 e. The average molecular weight is 370 g/mol. The molecule has 1 unspecified atom stereocenters. The molecule has 1 amide bonds. The molecule has 3 atom stereocenters. The van der Waals surface area contributed by atoms with Crippen LogP contribution in [0.2, 0.25) is 0 Å². The molecule has 0 spiro atoms. The summed E-state index contributed by atoms with van der Waals surface area (Å²) in [5.41, 5.74) is 0.558. The predicted octanol–water partition coefficient (Wildman–Crippen LogP) is 3.22. The van der Waals surface area contributed by atoms with Crippen LogP contribution in [-0.4, -0.2) is 41.5 Å². The summed E-state index contributed by atoms with van der Waals surface area (Å²) in [6.07, 6.45) is 7.51. The zero-order chi connectivity index (χ0) is 18.9. The van der Waals surface area contributed by atoms with Crippen LogP contribution in [0.4, 0.5) is 0 Å². The van der Waals surface area contributed by atoms with E-state index in [1.54, 1.807) is 0 Å². The fourth-order valence-electron chi connectivity index (χ4n) is 5.71. The van der Waals surface area contributed by atoms with Crippen molar-refractivity contribution in [1.82, 2.24) is 10.2 Å². The number of aliphatic carboxylic acids is 1. The van der Waals surface area contributed by atoms with Crippen LogP contribution in [0.25, 0.3) is 0 Å². The van der Waals surface area contributed by atoms with Crippen LogP contribution >= 0.6 is 0 Å². The van der Waals surface area contributed by atoms with Gasteiger partial charge in [0.25, 0.3) is 0 Å². The molecule has 0 radical (unpaired) electrons. The number of carboxylic acid groups (broad SMARTS) is 1. The number of carbonyl (C=O) groups is 2. The fraction of sp³-hybridized carbons (Fsp3) is 0.636. The molecule has 0 aromatic heterocycles. The Hall–Kier alpha value is -1.88. The van der Waals surface area contributed by atoms with Gasteiger partial charge in [-0.15, -0.1) is 0 Å². The third kappa shape index (κ3) is 3.62. The lowest BCUT2D eigenvalue weighted by atomic mass is 9.81. The number of rotatable bonds is 6. The highest BCUT2D eigenvalue weighted by Gasteiger charge is 2.54. The van der Waals surface area contributed by atoms with E-state index in [0.717, 1.165) is 38.6 Å². The van der Waals surface area contributed by atoms with Crippen molar-refractivity contribution >= 4 is 11.9 Å². The molecule has 146 valence electrons. The number of amides is 1. The molecule has 1 aromatic rings. The van der Waals surface area contributed by atoms with Crippen LogP contribution in [0.1, 0.15) is 56.6 Å². The second-order valence-electron chi connectivity index (χ2n) is 8.72. The van der Waals surface area contributed by atoms with E-state index < -0.39 is 11.4 Å². The SMILES string of the molecule is O=C(CN1C[C@@H]2CCC[C@@]2(C(=O)O)C1)NC(c1ccccc1)C1CCCC1. The number of nitrogens with one attached hydrogen (secondary N) is 1. The van der Waals surface area contributed by atoms with Gasteiger partial charge in [0.1, 0.15) is 0 Å². The molecular weight excluding hydrogens is 340 g/mol. The van der Waals surface area contributed by atoms with Gasteiger partial charge in [-0.1, -0.05) is 49.6 Å². The maximum Gasteiger partial charge on any atom is 0.311 e. The number of nitrogens with zero attached hydrogens (tertiary/aromatic N) is 1. The van der Waals surface area contributed by atoms with E-state index in [1.165, 1.54) is 18.4 Å². The van der Waals surface area contributed by atoms with Crippen molar-refractivity contribution in [3.05, 3.63) is 35.9 Å². The van der Waals surface area contributed by atoms with Gasteiger partial charge in [0.05, 0.1) is 18.0 Å². The van der Waals surface area contributed by atoms with Gasteiger partial charge in [0.2, 0.25) is 5.91 Å². The minimum absolute atomic E-state index is 0.0243. The van der Waals surface area contributed by atoms with E-state index in [0.29, 0.717) is 19.0 Å². The smallest absolute Gasteiger partial charge is 0.311 e. The topological polar surface area (TPSA) is 69.6 Å². The molecule has 2 saturated carbocycles. The molecule has 27 heavy (non-hydrogen) atoms. The Morgan fingerprint density at radius 2 is 1.89 bits per heavy atom. The molecule has 5 heteroatoms. The quantitative estimate of drug-likeness (QED) is 0.807. The third-order valence-electron chi connectivity index (χ3n) is 7.08. The molecule has 3 aliphatic rings. The summed E-state index contributed by atoms with van der Waals surface area (Å²) in [6.45, 7) is 1.56. The number of fused-ring (bicyclic) bond motifs is 1. The molecule has 1 heterocycles. The Balaban J connectivity index is 1.41. The molecule has 2 aliphatic carbocycles. The maximum absolute atomic E-state index is 12.8. The number of hydrogen-bond acceptors (Lipinski definition) is 3. The Labute approximate surface area is 161 Å². The lowest BCUT2D eigenvalue weighted by Crippen LogP contribution is -2.41. The summed E-state index contributed by atoms with van der Waals surface area (Å²) < 4.78 is 0. The van der Waals surface area contributed by atoms with Crippen LogP contribution in [-0.2, 0) is 9.59 Å². The highest BCUT2D eigenvalue weighted by atomic mass is 16.4. The van der Waals surface area contributed by atoms with Gasteiger partial charge >= 0.3 is 5.97 Å². The van der Waals surface area contributed by atoms with Gasteiger partial charge in [-0.3, -0.25) is 14.5 Å². The third-order valence-corrected chi connectivity index (χ3v) is 7.08. The van der Waals surface area contributed by atoms with E-state index in [9.17, 15) is 14.7 Å². The Bertz CT molecular complexity index is 686. The van der Waals surface area contributed by atoms with Gasteiger partial charge in [0, 0.05) is 13.1 Å². The number of benzene rings is 1. The summed E-state index contributed by atoms with van der Waals surface area (Å²) in [5, 5.41) is 13.0. The second kappa shape index (κ2) is 7.63. The largest absolute Gasteiger partial charge is 0.481 e. The lowest BCUT2D eigenvalue weighted by molar-refractivity contribution is -0.149. The lowest BCUT2D eigenvalue weighted by Gasteiger charge is -2.27. The molecule has 1 saturated heterocycles. The van der Waals surface area contributed by atoms with Crippen molar-refractivity contribution in [2.75, 3.05) is 19.6 Å². The minimum atomic E-state index is -0.680. The van der Waals surface area contributed by atoms with Crippen LogP contribution in [0, 0.1) is 17.3 Å². The molecule has 0 bridgehead atoms. The van der Waals surface area contributed by atoms with Crippen LogP contribution < -0.4 is 5.32 Å². The number of carboxylic acids is 1. The van der Waals surface area contributed by atoms with Gasteiger partial charge in [-0.05, 0) is 43.1 Å². The fourth-order valence-corrected chi connectivity index (χ4v) is 5.71. The normalized spacial score (nSPS) is 29.6. The van der Waals surface area contributed by atoms with E-state index in [2.05, 4.69) is 22.3 Å². The zero-order valence-corrected chi connectivity index (χ0v) is 15.9. The van der Waals surface area contributed by atoms with E-state index in [-0.39, 0.29) is 17.9 Å². The number of hydrogen-bond donors (Lipinski definition) is 2. The first kappa shape index (κ1) is 18.5. The highest BCUT2D eigenvalue weighted by molar-refractivity contribution is 5.80. The van der Waals surface area contributed by atoms with Crippen LogP contribution in [0.5, 0.6) is 0 Å². The summed E-state index contributed by atoms with van der Waals surface area (Å²) in [7, 11) is 0. The summed E-state index contributed by atoms with van der Waals surface area (Å²) in [4.78, 5) is 26.7. The van der Waals surface area contributed by atoms with Gasteiger partial charge < -0.3 is 10.4 Å².